The summed E-state index contributed by atoms with van der Waals surface area (Å²) >= 11 is 0. The Balaban J connectivity index is 1.45. The molecule has 0 aromatic heterocycles. The van der Waals surface area contributed by atoms with Crippen LogP contribution < -0.4 is 9.47 Å². The van der Waals surface area contributed by atoms with Gasteiger partial charge in [-0.2, -0.15) is 0 Å². The number of methoxy groups -OCH3 is 1. The van der Waals surface area contributed by atoms with Crippen molar-refractivity contribution in [2.24, 2.45) is 0 Å². The lowest BCUT2D eigenvalue weighted by molar-refractivity contribution is -0.142. The number of piperidine rings is 1. The second-order valence-electron chi connectivity index (χ2n) is 9.41. The number of amides is 2. The van der Waals surface area contributed by atoms with Gasteiger partial charge in [-0.15, -0.1) is 0 Å². The maximum Gasteiger partial charge on any atom is 0.233 e. The molecule has 6 heteroatoms. The highest BCUT2D eigenvalue weighted by molar-refractivity contribution is 5.91. The van der Waals surface area contributed by atoms with Crippen molar-refractivity contribution >= 4 is 11.8 Å². The first-order valence-electron chi connectivity index (χ1n) is 11.4. The summed E-state index contributed by atoms with van der Waals surface area (Å²) in [6.45, 7) is 3.78. The minimum atomic E-state index is -0.621. The fourth-order valence-electron chi connectivity index (χ4n) is 5.28. The second kappa shape index (κ2) is 7.84. The fourth-order valence-corrected chi connectivity index (χ4v) is 5.28. The molecule has 1 atom stereocenters. The highest BCUT2D eigenvalue weighted by atomic mass is 16.5. The van der Waals surface area contributed by atoms with E-state index in [1.165, 1.54) is 0 Å². The normalized spacial score (nSPS) is 23.7. The number of carbonyl (C=O) groups is 2. The number of ether oxygens (including phenoxy) is 2. The molecule has 5 rings (SSSR count). The molecule has 2 amide bonds. The number of hydrogen-bond donors (Lipinski definition) is 0. The van der Waals surface area contributed by atoms with Crippen molar-refractivity contribution in [2.45, 2.75) is 50.2 Å². The molecule has 0 radical (unpaired) electrons. The van der Waals surface area contributed by atoms with E-state index in [1.54, 1.807) is 14.0 Å². The average molecular weight is 435 g/mol. The number of rotatable bonds is 3. The van der Waals surface area contributed by atoms with Crippen molar-refractivity contribution in [2.75, 3.05) is 26.7 Å². The van der Waals surface area contributed by atoms with Gasteiger partial charge in [0, 0.05) is 31.6 Å². The maximum atomic E-state index is 13.7. The van der Waals surface area contributed by atoms with Gasteiger partial charge in [0.15, 0.2) is 0 Å². The summed E-state index contributed by atoms with van der Waals surface area (Å²) in [5, 5.41) is 0. The second-order valence-corrected chi connectivity index (χ2v) is 9.41. The summed E-state index contributed by atoms with van der Waals surface area (Å²) < 4.78 is 12.1. The molecule has 1 saturated heterocycles. The fraction of sp³-hybridized carbons (Fsp3) is 0.462. The van der Waals surface area contributed by atoms with Gasteiger partial charge in [-0.3, -0.25) is 9.59 Å². The third kappa shape index (κ3) is 3.61. The average Bonchev–Trinajstić information content (AvgIpc) is 3.63. The molecular formula is C26H30N2O4. The molecule has 1 saturated carbocycles. The Hall–Kier alpha value is -3.02. The van der Waals surface area contributed by atoms with Crippen LogP contribution >= 0.6 is 0 Å². The van der Waals surface area contributed by atoms with Crippen LogP contribution in [0.1, 0.15) is 43.7 Å². The number of fused-ring (bicyclic) bond motifs is 1. The van der Waals surface area contributed by atoms with E-state index in [1.807, 2.05) is 46.2 Å². The van der Waals surface area contributed by atoms with Gasteiger partial charge < -0.3 is 19.3 Å². The Morgan fingerprint density at radius 1 is 1.00 bits per heavy atom. The lowest BCUT2D eigenvalue weighted by Crippen LogP contribution is -2.59. The van der Waals surface area contributed by atoms with Crippen LogP contribution in [0.2, 0.25) is 0 Å². The SMILES string of the molecule is COc1ccc2c(c1)O[C@@]1(CCCN(C(=O)C3(c4ccccc4)CC3)C1)CN(C(C)=O)C2. The van der Waals surface area contributed by atoms with E-state index >= 15 is 0 Å². The zero-order chi connectivity index (χ0) is 22.3. The monoisotopic (exact) mass is 434 g/mol. The first-order chi connectivity index (χ1) is 15.4. The lowest BCUT2D eigenvalue weighted by atomic mass is 9.88. The van der Waals surface area contributed by atoms with Crippen molar-refractivity contribution in [3.63, 3.8) is 0 Å². The molecule has 6 nitrogen and oxygen atoms in total. The predicted molar refractivity (Wildman–Crippen MR) is 121 cm³/mol. The largest absolute Gasteiger partial charge is 0.497 e. The quantitative estimate of drug-likeness (QED) is 0.742. The summed E-state index contributed by atoms with van der Waals surface area (Å²) in [5.41, 5.74) is 1.05. The molecular weight excluding hydrogens is 404 g/mol. The number of likely N-dealkylation sites (tertiary alicyclic amines) is 1. The molecule has 1 spiro atoms. The lowest BCUT2D eigenvalue weighted by Gasteiger charge is -2.44. The maximum absolute atomic E-state index is 13.7. The highest BCUT2D eigenvalue weighted by Gasteiger charge is 2.55. The molecule has 2 heterocycles. The topological polar surface area (TPSA) is 59.1 Å². The molecule has 2 aromatic carbocycles. The van der Waals surface area contributed by atoms with Crippen LogP contribution in [0.15, 0.2) is 48.5 Å². The van der Waals surface area contributed by atoms with E-state index < -0.39 is 11.0 Å². The first-order valence-corrected chi connectivity index (χ1v) is 11.4. The van der Waals surface area contributed by atoms with Gasteiger partial charge in [0.05, 0.1) is 25.6 Å². The number of hydrogen-bond acceptors (Lipinski definition) is 4. The predicted octanol–water partition coefficient (Wildman–Crippen LogP) is 3.53. The van der Waals surface area contributed by atoms with Crippen molar-refractivity contribution in [3.05, 3.63) is 59.7 Å². The zero-order valence-corrected chi connectivity index (χ0v) is 18.8. The Morgan fingerprint density at radius 2 is 1.75 bits per heavy atom. The van der Waals surface area contributed by atoms with Crippen LogP contribution in [0.4, 0.5) is 0 Å². The van der Waals surface area contributed by atoms with Gasteiger partial charge in [-0.05, 0) is 43.4 Å². The van der Waals surface area contributed by atoms with Crippen LogP contribution in [0, 0.1) is 0 Å². The van der Waals surface area contributed by atoms with Crippen LogP contribution in [-0.4, -0.2) is 54.0 Å². The van der Waals surface area contributed by atoms with E-state index in [0.717, 1.165) is 54.9 Å². The van der Waals surface area contributed by atoms with Crippen LogP contribution in [0.25, 0.3) is 0 Å². The molecule has 168 valence electrons. The van der Waals surface area contributed by atoms with E-state index in [4.69, 9.17) is 9.47 Å². The van der Waals surface area contributed by atoms with Crippen LogP contribution in [0.3, 0.4) is 0 Å². The van der Waals surface area contributed by atoms with E-state index in [2.05, 4.69) is 12.1 Å². The third-order valence-electron chi connectivity index (χ3n) is 7.20. The molecule has 2 fully saturated rings. The standard InChI is InChI=1S/C26H30N2O4/c1-19(29)28-16-20-9-10-22(31-2)15-23(20)32-25(18-28)11-6-14-27(17-25)24(30)26(12-13-26)21-7-4-3-5-8-21/h3-5,7-10,15H,6,11-14,16-18H2,1-2H3/t25-/m1/s1. The minimum absolute atomic E-state index is 0.0167. The van der Waals surface area contributed by atoms with Crippen molar-refractivity contribution in [1.82, 2.24) is 9.80 Å². The van der Waals surface area contributed by atoms with Gasteiger partial charge in [0.1, 0.15) is 17.1 Å². The van der Waals surface area contributed by atoms with E-state index in [0.29, 0.717) is 19.6 Å². The molecule has 0 N–H and O–H groups in total. The molecule has 3 aliphatic rings. The Kier molecular flexibility index (Phi) is 5.11. The van der Waals surface area contributed by atoms with Crippen molar-refractivity contribution in [1.29, 1.82) is 0 Å². The van der Waals surface area contributed by atoms with Gasteiger partial charge in [0.25, 0.3) is 0 Å². The number of carbonyl (C=O) groups excluding carboxylic acids is 2. The first kappa shape index (κ1) is 20.9. The third-order valence-corrected chi connectivity index (χ3v) is 7.20. The molecule has 32 heavy (non-hydrogen) atoms. The minimum Gasteiger partial charge on any atom is -0.497 e. The van der Waals surface area contributed by atoms with Crippen molar-refractivity contribution < 1.29 is 19.1 Å². The molecule has 1 aliphatic carbocycles. The van der Waals surface area contributed by atoms with E-state index in [9.17, 15) is 9.59 Å². The van der Waals surface area contributed by atoms with Gasteiger partial charge in [-0.25, -0.2) is 0 Å². The zero-order valence-electron chi connectivity index (χ0n) is 18.8. The van der Waals surface area contributed by atoms with E-state index in [-0.39, 0.29) is 11.8 Å². The Bertz CT molecular complexity index is 1030. The molecule has 2 aliphatic heterocycles. The Morgan fingerprint density at radius 3 is 2.44 bits per heavy atom. The Labute approximate surface area is 189 Å². The number of benzene rings is 2. The van der Waals surface area contributed by atoms with Crippen LogP contribution in [-0.2, 0) is 21.5 Å². The molecule has 0 bridgehead atoms. The summed E-state index contributed by atoms with van der Waals surface area (Å²) in [4.78, 5) is 30.0. The van der Waals surface area contributed by atoms with Gasteiger partial charge >= 0.3 is 0 Å². The molecule has 0 unspecified atom stereocenters. The summed E-state index contributed by atoms with van der Waals surface area (Å²) in [6, 6.07) is 15.9. The molecule has 2 aromatic rings. The van der Waals surface area contributed by atoms with Crippen molar-refractivity contribution in [3.8, 4) is 11.5 Å². The summed E-state index contributed by atoms with van der Waals surface area (Å²) in [5.74, 6) is 1.67. The summed E-state index contributed by atoms with van der Waals surface area (Å²) in [7, 11) is 1.63. The smallest absolute Gasteiger partial charge is 0.233 e. The summed E-state index contributed by atoms with van der Waals surface area (Å²) in [6.07, 6.45) is 3.43. The van der Waals surface area contributed by atoms with Gasteiger partial charge in [0.2, 0.25) is 11.8 Å². The van der Waals surface area contributed by atoms with Crippen LogP contribution in [0.5, 0.6) is 11.5 Å². The van der Waals surface area contributed by atoms with Gasteiger partial charge in [-0.1, -0.05) is 30.3 Å². The number of nitrogens with zero attached hydrogens (tertiary/aromatic N) is 2. The highest BCUT2D eigenvalue weighted by Crippen LogP contribution is 2.50.